The molecule has 1 saturated heterocycles. The number of amides is 1. The molecule has 1 N–H and O–H groups in total. The average molecular weight is 402 g/mol. The number of nitrogens with zero attached hydrogens (tertiary/aromatic N) is 3. The van der Waals surface area contributed by atoms with Crippen LogP contribution < -0.4 is 5.32 Å². The van der Waals surface area contributed by atoms with Gasteiger partial charge in [-0.25, -0.2) is 4.98 Å². The van der Waals surface area contributed by atoms with Crippen LogP contribution in [0.2, 0.25) is 0 Å². The summed E-state index contributed by atoms with van der Waals surface area (Å²) in [6.07, 6.45) is 3.11. The van der Waals surface area contributed by atoms with Crippen molar-refractivity contribution in [3.05, 3.63) is 88.1 Å². The Kier molecular flexibility index (Phi) is 5.70. The van der Waals surface area contributed by atoms with Gasteiger partial charge >= 0.3 is 5.69 Å². The van der Waals surface area contributed by atoms with E-state index in [-0.39, 0.29) is 17.4 Å². The van der Waals surface area contributed by atoms with Crippen LogP contribution in [0.1, 0.15) is 24.0 Å². The van der Waals surface area contributed by atoms with Crippen LogP contribution in [0.15, 0.2) is 66.9 Å². The minimum atomic E-state index is -0.439. The molecule has 0 saturated carbocycles. The van der Waals surface area contributed by atoms with Gasteiger partial charge in [0.2, 0.25) is 11.7 Å². The fraction of sp³-hybridized carbons (Fsp3) is 0.217. The van der Waals surface area contributed by atoms with Gasteiger partial charge in [-0.05, 0) is 34.7 Å². The summed E-state index contributed by atoms with van der Waals surface area (Å²) in [4.78, 5) is 28.6. The smallest absolute Gasteiger partial charge is 0.311 e. The van der Waals surface area contributed by atoms with Crippen LogP contribution in [0, 0.1) is 10.1 Å². The van der Waals surface area contributed by atoms with E-state index in [1.165, 1.54) is 12.3 Å². The van der Waals surface area contributed by atoms with Gasteiger partial charge in [0.15, 0.2) is 0 Å². The lowest BCUT2D eigenvalue weighted by Gasteiger charge is -2.16. The molecule has 7 nitrogen and oxygen atoms in total. The van der Waals surface area contributed by atoms with Crippen molar-refractivity contribution in [2.24, 2.45) is 0 Å². The van der Waals surface area contributed by atoms with Crippen molar-refractivity contribution in [1.82, 2.24) is 9.88 Å². The average Bonchev–Trinajstić information content (AvgIpc) is 3.17. The molecule has 2 aromatic carbocycles. The highest BCUT2D eigenvalue weighted by molar-refractivity contribution is 5.78. The number of carbonyl (C=O) groups excluding carboxylic acids is 1. The molecule has 1 aliphatic rings. The fourth-order valence-electron chi connectivity index (χ4n) is 3.70. The van der Waals surface area contributed by atoms with Crippen LogP contribution in [0.4, 0.5) is 11.5 Å². The van der Waals surface area contributed by atoms with Crippen LogP contribution in [0.3, 0.4) is 0 Å². The first-order chi connectivity index (χ1) is 14.6. The Bertz CT molecular complexity index is 1070. The van der Waals surface area contributed by atoms with Crippen LogP contribution >= 0.6 is 0 Å². The molecule has 1 amide bonds. The second-order valence-electron chi connectivity index (χ2n) is 7.25. The van der Waals surface area contributed by atoms with Gasteiger partial charge in [0.25, 0.3) is 0 Å². The first-order valence-corrected chi connectivity index (χ1v) is 9.90. The molecular formula is C23H22N4O3. The molecule has 1 aliphatic heterocycles. The number of hydrogen-bond donors (Lipinski definition) is 1. The van der Waals surface area contributed by atoms with E-state index in [0.29, 0.717) is 19.5 Å². The fourth-order valence-corrected chi connectivity index (χ4v) is 3.70. The molecule has 0 atom stereocenters. The van der Waals surface area contributed by atoms with Crippen molar-refractivity contribution in [1.29, 1.82) is 0 Å². The zero-order chi connectivity index (χ0) is 20.9. The quantitative estimate of drug-likeness (QED) is 0.468. The summed E-state index contributed by atoms with van der Waals surface area (Å²) in [5.41, 5.74) is 4.18. The first-order valence-electron chi connectivity index (χ1n) is 9.90. The van der Waals surface area contributed by atoms with Crippen molar-refractivity contribution >= 4 is 17.4 Å². The molecule has 1 fully saturated rings. The van der Waals surface area contributed by atoms with E-state index in [9.17, 15) is 14.9 Å². The van der Waals surface area contributed by atoms with E-state index in [0.717, 1.165) is 35.2 Å². The van der Waals surface area contributed by atoms with Crippen molar-refractivity contribution in [2.75, 3.05) is 11.9 Å². The molecular weight excluding hydrogens is 380 g/mol. The third-order valence-corrected chi connectivity index (χ3v) is 5.26. The zero-order valence-corrected chi connectivity index (χ0v) is 16.5. The first kappa shape index (κ1) is 19.6. The Morgan fingerprint density at radius 2 is 1.87 bits per heavy atom. The predicted molar refractivity (Wildman–Crippen MR) is 115 cm³/mol. The Hall–Kier alpha value is -3.74. The number of benzene rings is 2. The van der Waals surface area contributed by atoms with Crippen LogP contribution in [0.25, 0.3) is 11.1 Å². The molecule has 0 bridgehead atoms. The van der Waals surface area contributed by atoms with Gasteiger partial charge in [-0.15, -0.1) is 0 Å². The zero-order valence-electron chi connectivity index (χ0n) is 16.5. The number of anilines is 1. The summed E-state index contributed by atoms with van der Waals surface area (Å²) < 4.78 is 0. The molecule has 7 heteroatoms. The van der Waals surface area contributed by atoms with Crippen LogP contribution in [0.5, 0.6) is 0 Å². The summed E-state index contributed by atoms with van der Waals surface area (Å²) in [5, 5.41) is 14.3. The Morgan fingerprint density at radius 1 is 1.07 bits per heavy atom. The predicted octanol–water partition coefficient (Wildman–Crippen LogP) is 4.39. The standard InChI is InChI=1S/C23H22N4O3/c28-22-8-4-14-26(22)16-17-9-11-18(12-10-17)20-6-2-1-5-19(20)15-25-23-21(27(29)30)7-3-13-24-23/h1-3,5-7,9-13H,4,8,14-16H2,(H,24,25). The number of carbonyl (C=O) groups is 1. The van der Waals surface area contributed by atoms with Gasteiger partial charge in [-0.3, -0.25) is 14.9 Å². The normalized spacial score (nSPS) is 13.5. The largest absolute Gasteiger partial charge is 0.360 e. The molecule has 2 heterocycles. The van der Waals surface area contributed by atoms with Gasteiger partial charge in [-0.2, -0.15) is 0 Å². The molecule has 1 aromatic heterocycles. The molecule has 4 rings (SSSR count). The minimum absolute atomic E-state index is 0.0456. The SMILES string of the molecule is O=C1CCCN1Cc1ccc(-c2ccccc2CNc2ncccc2[N+](=O)[O-])cc1. The molecule has 30 heavy (non-hydrogen) atoms. The Balaban J connectivity index is 1.51. The van der Waals surface area contributed by atoms with Gasteiger partial charge in [0, 0.05) is 38.3 Å². The molecule has 0 radical (unpaired) electrons. The maximum atomic E-state index is 11.8. The molecule has 152 valence electrons. The van der Waals surface area contributed by atoms with E-state index >= 15 is 0 Å². The van der Waals surface area contributed by atoms with Crippen molar-refractivity contribution in [2.45, 2.75) is 25.9 Å². The third-order valence-electron chi connectivity index (χ3n) is 5.26. The highest BCUT2D eigenvalue weighted by atomic mass is 16.6. The van der Waals surface area contributed by atoms with Gasteiger partial charge in [-0.1, -0.05) is 48.5 Å². The number of likely N-dealkylation sites (tertiary alicyclic amines) is 1. The van der Waals surface area contributed by atoms with E-state index < -0.39 is 4.92 Å². The lowest BCUT2D eigenvalue weighted by Crippen LogP contribution is -2.23. The van der Waals surface area contributed by atoms with E-state index in [1.54, 1.807) is 6.07 Å². The molecule has 3 aromatic rings. The van der Waals surface area contributed by atoms with Gasteiger partial charge in [0.05, 0.1) is 4.92 Å². The van der Waals surface area contributed by atoms with Crippen LogP contribution in [-0.4, -0.2) is 27.3 Å². The summed E-state index contributed by atoms with van der Waals surface area (Å²) in [7, 11) is 0. The molecule has 0 spiro atoms. The second-order valence-corrected chi connectivity index (χ2v) is 7.25. The minimum Gasteiger partial charge on any atom is -0.360 e. The number of pyridine rings is 1. The molecule has 0 unspecified atom stereocenters. The topological polar surface area (TPSA) is 88.4 Å². The number of nitrogens with one attached hydrogen (secondary N) is 1. The summed E-state index contributed by atoms with van der Waals surface area (Å²) in [5.74, 6) is 0.474. The Morgan fingerprint density at radius 3 is 2.60 bits per heavy atom. The lowest BCUT2D eigenvalue weighted by atomic mass is 9.98. The third kappa shape index (κ3) is 4.30. The van der Waals surface area contributed by atoms with E-state index in [1.807, 2.05) is 29.2 Å². The van der Waals surface area contributed by atoms with Gasteiger partial charge in [0.1, 0.15) is 0 Å². The second kappa shape index (κ2) is 8.73. The highest BCUT2D eigenvalue weighted by Crippen LogP contribution is 2.27. The summed E-state index contributed by atoms with van der Waals surface area (Å²) in [6.45, 7) is 1.89. The van der Waals surface area contributed by atoms with Gasteiger partial charge < -0.3 is 10.2 Å². The number of nitro groups is 1. The highest BCUT2D eigenvalue weighted by Gasteiger charge is 2.20. The van der Waals surface area contributed by atoms with E-state index in [4.69, 9.17) is 0 Å². The van der Waals surface area contributed by atoms with Crippen molar-refractivity contribution < 1.29 is 9.72 Å². The van der Waals surface area contributed by atoms with E-state index in [2.05, 4.69) is 34.6 Å². The number of rotatable bonds is 7. The number of aromatic nitrogens is 1. The van der Waals surface area contributed by atoms with Crippen LogP contribution in [-0.2, 0) is 17.9 Å². The summed E-state index contributed by atoms with van der Waals surface area (Å²) >= 11 is 0. The maximum absolute atomic E-state index is 11.8. The van der Waals surface area contributed by atoms with Crippen molar-refractivity contribution in [3.63, 3.8) is 0 Å². The summed E-state index contributed by atoms with van der Waals surface area (Å²) in [6, 6.07) is 19.1. The lowest BCUT2D eigenvalue weighted by molar-refractivity contribution is -0.384. The Labute approximate surface area is 174 Å². The van der Waals surface area contributed by atoms with Crippen molar-refractivity contribution in [3.8, 4) is 11.1 Å². The monoisotopic (exact) mass is 402 g/mol. The molecule has 0 aliphatic carbocycles. The number of hydrogen-bond acceptors (Lipinski definition) is 5. The maximum Gasteiger partial charge on any atom is 0.311 e.